The molecule has 0 saturated heterocycles. The predicted molar refractivity (Wildman–Crippen MR) is 80.6 cm³/mol. The average molecular weight is 277 g/mol. The monoisotopic (exact) mass is 277 g/mol. The van der Waals surface area contributed by atoms with E-state index in [1.54, 1.807) is 30.2 Å². The van der Waals surface area contributed by atoms with E-state index in [0.29, 0.717) is 36.8 Å². The van der Waals surface area contributed by atoms with Gasteiger partial charge in [0.25, 0.3) is 5.91 Å². The second-order valence-corrected chi connectivity index (χ2v) is 4.58. The summed E-state index contributed by atoms with van der Waals surface area (Å²) >= 11 is 0. The normalized spacial score (nSPS) is 10.0. The summed E-state index contributed by atoms with van der Waals surface area (Å²) in [5, 5.41) is 0. The molecule has 0 aliphatic carbocycles. The summed E-state index contributed by atoms with van der Waals surface area (Å²) in [7, 11) is 1.57. The van der Waals surface area contributed by atoms with E-state index in [-0.39, 0.29) is 5.91 Å². The quantitative estimate of drug-likeness (QED) is 0.719. The molecule has 0 saturated carbocycles. The molecule has 1 aromatic carbocycles. The van der Waals surface area contributed by atoms with Gasteiger partial charge in [0.15, 0.2) is 11.5 Å². The van der Waals surface area contributed by atoms with Gasteiger partial charge in [-0.25, -0.2) is 0 Å². The predicted octanol–water partition coefficient (Wildman–Crippen LogP) is 3.13. The number of amides is 1. The Morgan fingerprint density at radius 3 is 2.50 bits per heavy atom. The zero-order valence-corrected chi connectivity index (χ0v) is 12.7. The lowest BCUT2D eigenvalue weighted by Crippen LogP contribution is -2.32. The molecular weight excluding hydrogens is 254 g/mol. The van der Waals surface area contributed by atoms with E-state index < -0.39 is 0 Å². The van der Waals surface area contributed by atoms with Crippen LogP contribution < -0.4 is 9.47 Å². The highest BCUT2D eigenvalue weighted by molar-refractivity contribution is 5.95. The molecule has 0 aromatic heterocycles. The Morgan fingerprint density at radius 2 is 2.00 bits per heavy atom. The number of carbonyl (C=O) groups is 1. The maximum atomic E-state index is 12.4. The number of likely N-dealkylation sites (N-methyl/N-ethyl adjacent to an activating group) is 1. The molecule has 1 amide bonds. The Balaban J connectivity index is 3.00. The minimum atomic E-state index is -0.0307. The smallest absolute Gasteiger partial charge is 0.254 e. The molecule has 4 heteroatoms. The van der Waals surface area contributed by atoms with Crippen molar-refractivity contribution >= 4 is 5.91 Å². The van der Waals surface area contributed by atoms with Crippen LogP contribution in [-0.2, 0) is 0 Å². The topological polar surface area (TPSA) is 38.8 Å². The van der Waals surface area contributed by atoms with Gasteiger partial charge in [0, 0.05) is 18.7 Å². The van der Waals surface area contributed by atoms with Crippen LogP contribution in [-0.4, -0.2) is 37.6 Å². The molecule has 0 aliphatic rings. The molecule has 0 unspecified atom stereocenters. The van der Waals surface area contributed by atoms with Crippen LogP contribution >= 0.6 is 0 Å². The molecule has 0 atom stereocenters. The molecule has 110 valence electrons. The average Bonchev–Trinajstić information content (AvgIpc) is 2.44. The van der Waals surface area contributed by atoms with Gasteiger partial charge in [0.2, 0.25) is 0 Å². The van der Waals surface area contributed by atoms with Crippen LogP contribution in [0, 0.1) is 0 Å². The van der Waals surface area contributed by atoms with E-state index >= 15 is 0 Å². The van der Waals surface area contributed by atoms with Crippen LogP contribution in [0.1, 0.15) is 31.1 Å². The standard InChI is InChI=1S/C16H23NO3/c1-6-17(11-12(3)4)16(18)13-8-9-14(20-7-2)15(10-13)19-5/h8-10H,3,6-7,11H2,1-2,4-5H3. The van der Waals surface area contributed by atoms with Crippen molar-refractivity contribution in [3.8, 4) is 11.5 Å². The summed E-state index contributed by atoms with van der Waals surface area (Å²) in [6, 6.07) is 5.25. The maximum Gasteiger partial charge on any atom is 0.254 e. The first-order valence-corrected chi connectivity index (χ1v) is 6.77. The van der Waals surface area contributed by atoms with Crippen LogP contribution in [0.15, 0.2) is 30.4 Å². The van der Waals surface area contributed by atoms with Gasteiger partial charge in [-0.05, 0) is 39.0 Å². The van der Waals surface area contributed by atoms with Crippen LogP contribution in [0.3, 0.4) is 0 Å². The molecule has 4 nitrogen and oxygen atoms in total. The first-order valence-electron chi connectivity index (χ1n) is 6.77. The molecule has 0 heterocycles. The molecule has 1 rings (SSSR count). The lowest BCUT2D eigenvalue weighted by atomic mass is 10.1. The number of benzene rings is 1. The molecule has 0 N–H and O–H groups in total. The van der Waals surface area contributed by atoms with Gasteiger partial charge in [-0.15, -0.1) is 0 Å². The van der Waals surface area contributed by atoms with Gasteiger partial charge in [-0.1, -0.05) is 12.2 Å². The van der Waals surface area contributed by atoms with Gasteiger partial charge in [0.1, 0.15) is 0 Å². The fourth-order valence-electron chi connectivity index (χ4n) is 1.91. The van der Waals surface area contributed by atoms with Crippen LogP contribution in [0.25, 0.3) is 0 Å². The molecule has 0 bridgehead atoms. The largest absolute Gasteiger partial charge is 0.493 e. The zero-order chi connectivity index (χ0) is 15.1. The van der Waals surface area contributed by atoms with Crippen molar-refractivity contribution in [3.05, 3.63) is 35.9 Å². The van der Waals surface area contributed by atoms with Crippen molar-refractivity contribution in [1.82, 2.24) is 4.90 Å². The SMILES string of the molecule is C=C(C)CN(CC)C(=O)c1ccc(OCC)c(OC)c1. The lowest BCUT2D eigenvalue weighted by molar-refractivity contribution is 0.0778. The van der Waals surface area contributed by atoms with Crippen molar-refractivity contribution in [3.63, 3.8) is 0 Å². The maximum absolute atomic E-state index is 12.4. The summed E-state index contributed by atoms with van der Waals surface area (Å²) in [5.41, 5.74) is 1.55. The van der Waals surface area contributed by atoms with E-state index in [0.717, 1.165) is 5.57 Å². The summed E-state index contributed by atoms with van der Waals surface area (Å²) in [6.07, 6.45) is 0. The van der Waals surface area contributed by atoms with E-state index in [9.17, 15) is 4.79 Å². The highest BCUT2D eigenvalue weighted by Crippen LogP contribution is 2.28. The van der Waals surface area contributed by atoms with Crippen molar-refractivity contribution < 1.29 is 14.3 Å². The number of hydrogen-bond acceptors (Lipinski definition) is 3. The first-order chi connectivity index (χ1) is 9.53. The van der Waals surface area contributed by atoms with E-state index in [1.807, 2.05) is 20.8 Å². The van der Waals surface area contributed by atoms with Crippen molar-refractivity contribution in [1.29, 1.82) is 0 Å². The Hall–Kier alpha value is -1.97. The van der Waals surface area contributed by atoms with E-state index in [2.05, 4.69) is 6.58 Å². The molecule has 0 radical (unpaired) electrons. The molecule has 20 heavy (non-hydrogen) atoms. The van der Waals surface area contributed by atoms with Crippen LogP contribution in [0.4, 0.5) is 0 Å². The third-order valence-corrected chi connectivity index (χ3v) is 2.84. The third kappa shape index (κ3) is 4.02. The number of methoxy groups -OCH3 is 1. The first kappa shape index (κ1) is 16.1. The number of nitrogens with zero attached hydrogens (tertiary/aromatic N) is 1. The number of hydrogen-bond donors (Lipinski definition) is 0. The number of ether oxygens (including phenoxy) is 2. The Labute approximate surface area is 121 Å². The Kier molecular flexibility index (Phi) is 6.10. The summed E-state index contributed by atoms with van der Waals surface area (Å²) in [4.78, 5) is 14.2. The van der Waals surface area contributed by atoms with Gasteiger partial charge < -0.3 is 14.4 Å². The van der Waals surface area contributed by atoms with Gasteiger partial charge in [0.05, 0.1) is 13.7 Å². The molecule has 0 spiro atoms. The molecule has 0 aliphatic heterocycles. The van der Waals surface area contributed by atoms with Crippen molar-refractivity contribution in [2.45, 2.75) is 20.8 Å². The number of rotatable bonds is 7. The van der Waals surface area contributed by atoms with E-state index in [4.69, 9.17) is 9.47 Å². The fourth-order valence-corrected chi connectivity index (χ4v) is 1.91. The van der Waals surface area contributed by atoms with Gasteiger partial charge in [-0.3, -0.25) is 4.79 Å². The number of carbonyl (C=O) groups excluding carboxylic acids is 1. The molecule has 1 aromatic rings. The molecule has 0 fully saturated rings. The summed E-state index contributed by atoms with van der Waals surface area (Å²) < 4.78 is 10.7. The summed E-state index contributed by atoms with van der Waals surface area (Å²) in [5.74, 6) is 1.19. The molecular formula is C16H23NO3. The lowest BCUT2D eigenvalue weighted by Gasteiger charge is -2.21. The minimum absolute atomic E-state index is 0.0307. The third-order valence-electron chi connectivity index (χ3n) is 2.84. The summed E-state index contributed by atoms with van der Waals surface area (Å²) in [6.45, 7) is 11.4. The van der Waals surface area contributed by atoms with E-state index in [1.165, 1.54) is 0 Å². The Bertz CT molecular complexity index is 483. The second kappa shape index (κ2) is 7.58. The van der Waals surface area contributed by atoms with Gasteiger partial charge >= 0.3 is 0 Å². The highest BCUT2D eigenvalue weighted by Gasteiger charge is 2.16. The Morgan fingerprint density at radius 1 is 1.30 bits per heavy atom. The second-order valence-electron chi connectivity index (χ2n) is 4.58. The van der Waals surface area contributed by atoms with Crippen LogP contribution in [0.2, 0.25) is 0 Å². The zero-order valence-electron chi connectivity index (χ0n) is 12.7. The van der Waals surface area contributed by atoms with Crippen LogP contribution in [0.5, 0.6) is 11.5 Å². The van der Waals surface area contributed by atoms with Crippen molar-refractivity contribution in [2.24, 2.45) is 0 Å². The fraction of sp³-hybridized carbons (Fsp3) is 0.438. The van der Waals surface area contributed by atoms with Gasteiger partial charge in [-0.2, -0.15) is 0 Å². The highest BCUT2D eigenvalue weighted by atomic mass is 16.5. The minimum Gasteiger partial charge on any atom is -0.493 e. The van der Waals surface area contributed by atoms with Crippen molar-refractivity contribution in [2.75, 3.05) is 26.8 Å².